The highest BCUT2D eigenvalue weighted by molar-refractivity contribution is 7.99. The zero-order chi connectivity index (χ0) is 21.7. The van der Waals surface area contributed by atoms with E-state index in [0.717, 1.165) is 50.4 Å². The van der Waals surface area contributed by atoms with Crippen molar-refractivity contribution in [3.63, 3.8) is 0 Å². The fourth-order valence-electron chi connectivity index (χ4n) is 3.31. The SMILES string of the molecule is O[C@H](CSc1ccc(C(F)(F)F)cc1)CN1CCN(Cc2ccc(Cl)c(Cl)c2)CC1. The van der Waals surface area contributed by atoms with E-state index in [1.54, 1.807) is 6.07 Å². The molecule has 2 aromatic carbocycles. The molecule has 1 heterocycles. The smallest absolute Gasteiger partial charge is 0.391 e. The molecule has 1 saturated heterocycles. The predicted molar refractivity (Wildman–Crippen MR) is 116 cm³/mol. The van der Waals surface area contributed by atoms with Gasteiger partial charge in [0.1, 0.15) is 0 Å². The maximum Gasteiger partial charge on any atom is 0.416 e. The number of hydrogen-bond acceptors (Lipinski definition) is 4. The fourth-order valence-corrected chi connectivity index (χ4v) is 4.45. The summed E-state index contributed by atoms with van der Waals surface area (Å²) >= 11 is 13.4. The molecule has 0 spiro atoms. The van der Waals surface area contributed by atoms with E-state index in [1.165, 1.54) is 23.9 Å². The van der Waals surface area contributed by atoms with E-state index in [9.17, 15) is 18.3 Å². The average molecular weight is 479 g/mol. The Morgan fingerprint density at radius 3 is 2.17 bits per heavy atom. The number of alkyl halides is 3. The monoisotopic (exact) mass is 478 g/mol. The Balaban J connectivity index is 1.38. The molecule has 0 amide bonds. The molecule has 1 N–H and O–H groups in total. The Hall–Kier alpha value is -0.960. The van der Waals surface area contributed by atoms with Gasteiger partial charge >= 0.3 is 6.18 Å². The van der Waals surface area contributed by atoms with Gasteiger partial charge in [0.15, 0.2) is 0 Å². The van der Waals surface area contributed by atoms with Crippen molar-refractivity contribution in [2.45, 2.75) is 23.7 Å². The van der Waals surface area contributed by atoms with Gasteiger partial charge in [0, 0.05) is 49.9 Å². The van der Waals surface area contributed by atoms with Crippen LogP contribution in [0.5, 0.6) is 0 Å². The van der Waals surface area contributed by atoms with Crippen LogP contribution >= 0.6 is 35.0 Å². The zero-order valence-corrected chi connectivity index (χ0v) is 18.5. The lowest BCUT2D eigenvalue weighted by molar-refractivity contribution is -0.137. The van der Waals surface area contributed by atoms with Crippen LogP contribution in [0.2, 0.25) is 10.0 Å². The van der Waals surface area contributed by atoms with Crippen molar-refractivity contribution in [3.8, 4) is 0 Å². The number of halogens is 5. The number of rotatable bonds is 7. The summed E-state index contributed by atoms with van der Waals surface area (Å²) in [5.41, 5.74) is 0.456. The second-order valence-electron chi connectivity index (χ2n) is 7.31. The fraction of sp³-hybridized carbons (Fsp3) is 0.429. The first-order valence-corrected chi connectivity index (χ1v) is 11.3. The maximum atomic E-state index is 12.6. The van der Waals surface area contributed by atoms with Crippen molar-refractivity contribution in [3.05, 3.63) is 63.6 Å². The minimum absolute atomic E-state index is 0.439. The number of thioether (sulfide) groups is 1. The van der Waals surface area contributed by atoms with Crippen LogP contribution in [0.4, 0.5) is 13.2 Å². The molecule has 1 aliphatic rings. The third kappa shape index (κ3) is 7.04. The maximum absolute atomic E-state index is 12.6. The van der Waals surface area contributed by atoms with Crippen LogP contribution in [0.25, 0.3) is 0 Å². The van der Waals surface area contributed by atoms with E-state index < -0.39 is 17.8 Å². The molecule has 0 radical (unpaired) electrons. The first kappa shape index (κ1) is 23.7. The van der Waals surface area contributed by atoms with Gasteiger partial charge in [-0.2, -0.15) is 13.2 Å². The summed E-state index contributed by atoms with van der Waals surface area (Å²) in [6.07, 6.45) is -4.87. The molecule has 1 atom stereocenters. The molecule has 1 aliphatic heterocycles. The molecule has 0 aliphatic carbocycles. The van der Waals surface area contributed by atoms with Gasteiger partial charge in [0.25, 0.3) is 0 Å². The van der Waals surface area contributed by atoms with Gasteiger partial charge in [-0.3, -0.25) is 9.80 Å². The van der Waals surface area contributed by atoms with Gasteiger partial charge in [-0.05, 0) is 42.0 Å². The van der Waals surface area contributed by atoms with Crippen molar-refractivity contribution >= 4 is 35.0 Å². The third-order valence-electron chi connectivity index (χ3n) is 4.95. The minimum Gasteiger partial charge on any atom is -0.391 e. The van der Waals surface area contributed by atoms with Crippen molar-refractivity contribution in [1.29, 1.82) is 0 Å². The summed E-state index contributed by atoms with van der Waals surface area (Å²) in [5, 5.41) is 11.4. The van der Waals surface area contributed by atoms with Crippen molar-refractivity contribution < 1.29 is 18.3 Å². The normalized spacial score (nSPS) is 17.3. The van der Waals surface area contributed by atoms with E-state index in [1.807, 2.05) is 12.1 Å². The highest BCUT2D eigenvalue weighted by Crippen LogP contribution is 2.31. The van der Waals surface area contributed by atoms with Crippen LogP contribution in [-0.4, -0.2) is 59.5 Å². The molecular formula is C21H23Cl2F3N2OS. The largest absolute Gasteiger partial charge is 0.416 e. The first-order chi connectivity index (χ1) is 14.2. The molecule has 9 heteroatoms. The quantitative estimate of drug-likeness (QED) is 0.547. The predicted octanol–water partition coefficient (Wildman–Crippen LogP) is 5.28. The number of aliphatic hydroxyl groups excluding tert-OH is 1. The summed E-state index contributed by atoms with van der Waals surface area (Å²) in [5.74, 6) is 0.439. The van der Waals surface area contributed by atoms with Crippen LogP contribution in [0.3, 0.4) is 0 Å². The van der Waals surface area contributed by atoms with Crippen LogP contribution in [0.15, 0.2) is 47.4 Å². The number of hydrogen-bond donors (Lipinski definition) is 1. The molecule has 3 nitrogen and oxygen atoms in total. The molecule has 164 valence electrons. The zero-order valence-electron chi connectivity index (χ0n) is 16.2. The Labute approximate surface area is 188 Å². The Bertz CT molecular complexity index is 828. The lowest BCUT2D eigenvalue weighted by atomic mass is 10.2. The standard InChI is InChI=1S/C21H23Cl2F3N2OS/c22-19-6-1-15(11-20(19)23)12-27-7-9-28(10-8-27)13-17(29)14-30-18-4-2-16(3-5-18)21(24,25)26/h1-6,11,17,29H,7-10,12-14H2/t17-/m0/s1. The molecule has 0 aromatic heterocycles. The number of benzene rings is 2. The number of nitrogens with zero attached hydrogens (tertiary/aromatic N) is 2. The second-order valence-corrected chi connectivity index (χ2v) is 9.22. The van der Waals surface area contributed by atoms with Gasteiger partial charge < -0.3 is 5.11 Å². The lowest BCUT2D eigenvalue weighted by Gasteiger charge is -2.35. The first-order valence-electron chi connectivity index (χ1n) is 9.57. The molecule has 1 fully saturated rings. The van der Waals surface area contributed by atoms with Gasteiger partial charge in [0.2, 0.25) is 0 Å². The van der Waals surface area contributed by atoms with Gasteiger partial charge in [0.05, 0.1) is 21.7 Å². The average Bonchev–Trinajstić information content (AvgIpc) is 2.70. The third-order valence-corrected chi connectivity index (χ3v) is 6.84. The Morgan fingerprint density at radius 1 is 0.933 bits per heavy atom. The Morgan fingerprint density at radius 2 is 1.57 bits per heavy atom. The van der Waals surface area contributed by atoms with E-state index in [0.29, 0.717) is 27.2 Å². The number of piperazine rings is 1. The van der Waals surface area contributed by atoms with E-state index in [2.05, 4.69) is 9.80 Å². The molecule has 30 heavy (non-hydrogen) atoms. The van der Waals surface area contributed by atoms with Crippen LogP contribution in [0, 0.1) is 0 Å². The number of aliphatic hydroxyl groups is 1. The van der Waals surface area contributed by atoms with Crippen molar-refractivity contribution in [2.24, 2.45) is 0 Å². The van der Waals surface area contributed by atoms with E-state index in [-0.39, 0.29) is 0 Å². The molecule has 0 bridgehead atoms. The van der Waals surface area contributed by atoms with Gasteiger partial charge in [-0.1, -0.05) is 29.3 Å². The molecule has 2 aromatic rings. The highest BCUT2D eigenvalue weighted by Gasteiger charge is 2.30. The van der Waals surface area contributed by atoms with Gasteiger partial charge in [-0.15, -0.1) is 11.8 Å². The highest BCUT2D eigenvalue weighted by atomic mass is 35.5. The molecule has 3 rings (SSSR count). The molecule has 0 saturated carbocycles. The summed E-state index contributed by atoms with van der Waals surface area (Å²) < 4.78 is 37.8. The molecule has 0 unspecified atom stereocenters. The van der Waals surface area contributed by atoms with E-state index in [4.69, 9.17) is 23.2 Å². The summed E-state index contributed by atoms with van der Waals surface area (Å²) in [6, 6.07) is 10.7. The minimum atomic E-state index is -4.33. The number of β-amino-alcohol motifs (C(OH)–C–C–N with tert-alkyl or cyclic N) is 1. The summed E-state index contributed by atoms with van der Waals surface area (Å²) in [7, 11) is 0. The summed E-state index contributed by atoms with van der Waals surface area (Å²) in [6.45, 7) is 4.83. The topological polar surface area (TPSA) is 26.7 Å². The summed E-state index contributed by atoms with van der Waals surface area (Å²) in [4.78, 5) is 5.26. The van der Waals surface area contributed by atoms with Crippen LogP contribution in [0.1, 0.15) is 11.1 Å². The lowest BCUT2D eigenvalue weighted by Crippen LogP contribution is -2.48. The van der Waals surface area contributed by atoms with Crippen molar-refractivity contribution in [1.82, 2.24) is 9.80 Å². The van der Waals surface area contributed by atoms with Crippen LogP contribution in [-0.2, 0) is 12.7 Å². The Kier molecular flexibility index (Phi) is 8.35. The van der Waals surface area contributed by atoms with E-state index >= 15 is 0 Å². The van der Waals surface area contributed by atoms with Crippen LogP contribution < -0.4 is 0 Å². The van der Waals surface area contributed by atoms with Gasteiger partial charge in [-0.25, -0.2) is 0 Å². The van der Waals surface area contributed by atoms with Crippen molar-refractivity contribution in [2.75, 3.05) is 38.5 Å². The second kappa shape index (κ2) is 10.6. The molecular weight excluding hydrogens is 456 g/mol.